The van der Waals surface area contributed by atoms with Gasteiger partial charge in [-0.2, -0.15) is 0 Å². The predicted octanol–water partition coefficient (Wildman–Crippen LogP) is 0.917. The standard InChI is InChI=1S/C14H18N2O3S/c15-8-2-5-12-4-1-6-13(10-12)16-20(17,18)11-14-7-3-9-19-14/h1,4,6,10,14,16H,3,7-9,11,15H2. The lowest BCUT2D eigenvalue weighted by molar-refractivity contribution is 0.127. The number of ether oxygens (including phenoxy) is 1. The first-order valence-corrected chi connectivity index (χ1v) is 8.15. The van der Waals surface area contributed by atoms with Crippen LogP contribution in [-0.2, 0) is 14.8 Å². The molecule has 5 nitrogen and oxygen atoms in total. The molecule has 0 bridgehead atoms. The van der Waals surface area contributed by atoms with E-state index in [0.29, 0.717) is 12.3 Å². The van der Waals surface area contributed by atoms with E-state index in [1.54, 1.807) is 24.3 Å². The van der Waals surface area contributed by atoms with Gasteiger partial charge in [-0.1, -0.05) is 17.9 Å². The van der Waals surface area contributed by atoms with Crippen LogP contribution in [0.5, 0.6) is 0 Å². The zero-order chi connectivity index (χ0) is 14.4. The number of rotatable bonds is 4. The Morgan fingerprint density at radius 1 is 1.45 bits per heavy atom. The molecule has 20 heavy (non-hydrogen) atoms. The minimum Gasteiger partial charge on any atom is -0.377 e. The Morgan fingerprint density at radius 3 is 3.00 bits per heavy atom. The smallest absolute Gasteiger partial charge is 0.235 e. The highest BCUT2D eigenvalue weighted by atomic mass is 32.2. The molecule has 0 aliphatic carbocycles. The van der Waals surface area contributed by atoms with Crippen molar-refractivity contribution < 1.29 is 13.2 Å². The van der Waals surface area contributed by atoms with Crippen LogP contribution in [0.1, 0.15) is 18.4 Å². The first-order chi connectivity index (χ1) is 9.59. The Morgan fingerprint density at radius 2 is 2.30 bits per heavy atom. The largest absolute Gasteiger partial charge is 0.377 e. The van der Waals surface area contributed by atoms with E-state index in [1.807, 2.05) is 0 Å². The average molecular weight is 294 g/mol. The lowest BCUT2D eigenvalue weighted by Gasteiger charge is -2.12. The van der Waals surface area contributed by atoms with Crippen LogP contribution in [-0.4, -0.2) is 33.4 Å². The summed E-state index contributed by atoms with van der Waals surface area (Å²) in [6, 6.07) is 6.95. The maximum atomic E-state index is 12.0. The summed E-state index contributed by atoms with van der Waals surface area (Å²) < 4.78 is 32.0. The molecule has 0 saturated carbocycles. The van der Waals surface area contributed by atoms with Crippen molar-refractivity contribution in [3.05, 3.63) is 29.8 Å². The Bertz CT molecular complexity index is 611. The van der Waals surface area contributed by atoms with Gasteiger partial charge in [0.25, 0.3) is 0 Å². The molecular formula is C14H18N2O3S. The third-order valence-corrected chi connectivity index (χ3v) is 4.26. The summed E-state index contributed by atoms with van der Waals surface area (Å²) in [5, 5.41) is 0. The number of nitrogens with one attached hydrogen (secondary N) is 1. The molecule has 1 saturated heterocycles. The highest BCUT2D eigenvalue weighted by Crippen LogP contribution is 2.17. The molecule has 1 aliphatic rings. The van der Waals surface area contributed by atoms with E-state index in [0.717, 1.165) is 18.4 Å². The minimum absolute atomic E-state index is 0.00823. The van der Waals surface area contributed by atoms with Gasteiger partial charge in [0.05, 0.1) is 18.4 Å². The van der Waals surface area contributed by atoms with Crippen molar-refractivity contribution in [2.45, 2.75) is 18.9 Å². The second-order valence-corrected chi connectivity index (χ2v) is 6.37. The number of anilines is 1. The fourth-order valence-corrected chi connectivity index (χ4v) is 3.38. The van der Waals surface area contributed by atoms with Crippen LogP contribution in [0.2, 0.25) is 0 Å². The Hall–Kier alpha value is -1.55. The van der Waals surface area contributed by atoms with Crippen LogP contribution in [0.3, 0.4) is 0 Å². The molecule has 0 radical (unpaired) electrons. The normalized spacial score (nSPS) is 18.4. The minimum atomic E-state index is -3.40. The van der Waals surface area contributed by atoms with Gasteiger partial charge in [-0.25, -0.2) is 8.42 Å². The van der Waals surface area contributed by atoms with Gasteiger partial charge in [-0.15, -0.1) is 0 Å². The summed E-state index contributed by atoms with van der Waals surface area (Å²) in [5.41, 5.74) is 6.54. The average Bonchev–Trinajstić information content (AvgIpc) is 2.88. The lowest BCUT2D eigenvalue weighted by atomic mass is 10.2. The highest BCUT2D eigenvalue weighted by molar-refractivity contribution is 7.92. The van der Waals surface area contributed by atoms with Gasteiger partial charge in [0.1, 0.15) is 0 Å². The summed E-state index contributed by atoms with van der Waals surface area (Å²) in [5.74, 6) is 5.59. The van der Waals surface area contributed by atoms with Crippen molar-refractivity contribution in [3.8, 4) is 11.8 Å². The molecule has 0 spiro atoms. The van der Waals surface area contributed by atoms with E-state index < -0.39 is 10.0 Å². The Kier molecular flexibility index (Phi) is 5.01. The predicted molar refractivity (Wildman–Crippen MR) is 78.8 cm³/mol. The first-order valence-electron chi connectivity index (χ1n) is 6.50. The SMILES string of the molecule is NCC#Cc1cccc(NS(=O)(=O)CC2CCCO2)c1. The van der Waals surface area contributed by atoms with E-state index in [9.17, 15) is 8.42 Å². The summed E-state index contributed by atoms with van der Waals surface area (Å²) >= 11 is 0. The van der Waals surface area contributed by atoms with E-state index in [4.69, 9.17) is 10.5 Å². The molecule has 6 heteroatoms. The van der Waals surface area contributed by atoms with E-state index >= 15 is 0 Å². The number of nitrogens with two attached hydrogens (primary N) is 1. The number of hydrogen-bond acceptors (Lipinski definition) is 4. The second-order valence-electron chi connectivity index (χ2n) is 4.61. The highest BCUT2D eigenvalue weighted by Gasteiger charge is 2.23. The maximum Gasteiger partial charge on any atom is 0.235 e. The second kappa shape index (κ2) is 6.75. The van der Waals surface area contributed by atoms with Crippen molar-refractivity contribution in [1.82, 2.24) is 0 Å². The third-order valence-electron chi connectivity index (χ3n) is 2.90. The van der Waals surface area contributed by atoms with Crippen LogP contribution in [0.4, 0.5) is 5.69 Å². The van der Waals surface area contributed by atoms with Gasteiger partial charge in [-0.05, 0) is 31.0 Å². The van der Waals surface area contributed by atoms with E-state index in [1.165, 1.54) is 0 Å². The number of benzene rings is 1. The molecule has 1 fully saturated rings. The quantitative estimate of drug-likeness (QED) is 0.809. The van der Waals surface area contributed by atoms with Crippen LogP contribution in [0, 0.1) is 11.8 Å². The van der Waals surface area contributed by atoms with Crippen molar-refractivity contribution in [2.75, 3.05) is 23.6 Å². The van der Waals surface area contributed by atoms with Gasteiger partial charge in [0.15, 0.2) is 0 Å². The van der Waals surface area contributed by atoms with Crippen LogP contribution >= 0.6 is 0 Å². The maximum absolute atomic E-state index is 12.0. The molecular weight excluding hydrogens is 276 g/mol. The summed E-state index contributed by atoms with van der Waals surface area (Å²) in [6.45, 7) is 0.916. The fraction of sp³-hybridized carbons (Fsp3) is 0.429. The molecule has 108 valence electrons. The van der Waals surface area contributed by atoms with Crippen molar-refractivity contribution >= 4 is 15.7 Å². The number of sulfonamides is 1. The van der Waals surface area contributed by atoms with Gasteiger partial charge in [-0.3, -0.25) is 4.72 Å². The lowest BCUT2D eigenvalue weighted by Crippen LogP contribution is -2.25. The summed E-state index contributed by atoms with van der Waals surface area (Å²) in [6.07, 6.45) is 1.51. The van der Waals surface area contributed by atoms with Gasteiger partial charge < -0.3 is 10.5 Å². The van der Waals surface area contributed by atoms with Gasteiger partial charge >= 0.3 is 0 Å². The van der Waals surface area contributed by atoms with Gasteiger partial charge in [0.2, 0.25) is 10.0 Å². The number of hydrogen-bond donors (Lipinski definition) is 2. The van der Waals surface area contributed by atoms with Crippen molar-refractivity contribution in [3.63, 3.8) is 0 Å². The zero-order valence-corrected chi connectivity index (χ0v) is 11.9. The third kappa shape index (κ3) is 4.53. The van der Waals surface area contributed by atoms with Crippen LogP contribution in [0.15, 0.2) is 24.3 Å². The molecule has 3 N–H and O–H groups in total. The fourth-order valence-electron chi connectivity index (χ4n) is 2.06. The molecule has 1 aromatic carbocycles. The van der Waals surface area contributed by atoms with Crippen LogP contribution < -0.4 is 10.5 Å². The first kappa shape index (κ1) is 14.9. The molecule has 1 aliphatic heterocycles. The molecule has 1 aromatic rings. The molecule has 1 heterocycles. The van der Waals surface area contributed by atoms with Crippen LogP contribution in [0.25, 0.3) is 0 Å². The van der Waals surface area contributed by atoms with Crippen molar-refractivity contribution in [1.29, 1.82) is 0 Å². The monoisotopic (exact) mass is 294 g/mol. The molecule has 1 atom stereocenters. The molecule has 1 unspecified atom stereocenters. The summed E-state index contributed by atoms with van der Waals surface area (Å²) in [4.78, 5) is 0. The summed E-state index contributed by atoms with van der Waals surface area (Å²) in [7, 11) is -3.40. The van der Waals surface area contributed by atoms with E-state index in [2.05, 4.69) is 16.6 Å². The van der Waals surface area contributed by atoms with Crippen molar-refractivity contribution in [2.24, 2.45) is 5.73 Å². The Balaban J connectivity index is 2.04. The van der Waals surface area contributed by atoms with E-state index in [-0.39, 0.29) is 18.4 Å². The topological polar surface area (TPSA) is 81.4 Å². The molecule has 0 aromatic heterocycles. The van der Waals surface area contributed by atoms with Gasteiger partial charge in [0, 0.05) is 17.9 Å². The molecule has 2 rings (SSSR count). The Labute approximate surface area is 119 Å². The molecule has 0 amide bonds. The zero-order valence-electron chi connectivity index (χ0n) is 11.1.